The molecule has 0 saturated heterocycles. The molecular weight excluding hydrogens is 166 g/mol. The lowest BCUT2D eigenvalue weighted by Crippen LogP contribution is -2.27. The summed E-state index contributed by atoms with van der Waals surface area (Å²) in [6, 6.07) is 0.645. The van der Waals surface area contributed by atoms with Gasteiger partial charge in [-0.05, 0) is 12.8 Å². The van der Waals surface area contributed by atoms with Gasteiger partial charge in [0.1, 0.15) is 0 Å². The van der Waals surface area contributed by atoms with Crippen molar-refractivity contribution in [3.05, 3.63) is 18.2 Å². The van der Waals surface area contributed by atoms with Gasteiger partial charge in [-0.1, -0.05) is 0 Å². The van der Waals surface area contributed by atoms with E-state index in [4.69, 9.17) is 0 Å². The molecule has 1 saturated carbocycles. The average Bonchev–Trinajstić information content (AvgIpc) is 2.85. The Morgan fingerprint density at radius 1 is 1.77 bits per heavy atom. The largest absolute Gasteiger partial charge is 0.394 e. The van der Waals surface area contributed by atoms with Crippen molar-refractivity contribution in [2.24, 2.45) is 7.05 Å². The van der Waals surface area contributed by atoms with Crippen molar-refractivity contribution in [2.45, 2.75) is 24.9 Å². The second-order valence-electron chi connectivity index (χ2n) is 3.61. The number of aliphatic hydroxyl groups is 1. The van der Waals surface area contributed by atoms with Crippen LogP contribution in [0.5, 0.6) is 0 Å². The van der Waals surface area contributed by atoms with Crippen LogP contribution in [0.4, 0.5) is 0 Å². The number of hydrogen-bond donors (Lipinski definition) is 2. The van der Waals surface area contributed by atoms with Crippen LogP contribution in [0.2, 0.25) is 0 Å². The summed E-state index contributed by atoms with van der Waals surface area (Å²) in [4.78, 5) is 4.03. The molecule has 0 aromatic carbocycles. The van der Waals surface area contributed by atoms with E-state index in [0.717, 1.165) is 5.69 Å². The highest BCUT2D eigenvalue weighted by Gasteiger charge is 2.25. The third-order valence-corrected chi connectivity index (χ3v) is 2.41. The zero-order chi connectivity index (χ0) is 9.26. The third kappa shape index (κ3) is 1.89. The van der Waals surface area contributed by atoms with Crippen LogP contribution in [0.15, 0.2) is 12.5 Å². The number of nitrogens with one attached hydrogen (secondary N) is 1. The average molecular weight is 181 g/mol. The highest BCUT2D eigenvalue weighted by molar-refractivity contribution is 5.06. The number of aromatic nitrogens is 2. The fraction of sp³-hybridized carbons (Fsp3) is 0.667. The topological polar surface area (TPSA) is 50.1 Å². The molecule has 1 aromatic heterocycles. The number of aryl methyl sites for hydroxylation is 1. The summed E-state index contributed by atoms with van der Waals surface area (Å²) in [5.41, 5.74) is 1.05. The van der Waals surface area contributed by atoms with Crippen LogP contribution in [-0.2, 0) is 7.05 Å². The molecular formula is C9H15N3O. The van der Waals surface area contributed by atoms with Crippen LogP contribution < -0.4 is 5.32 Å². The Balaban J connectivity index is 2.06. The van der Waals surface area contributed by atoms with Crippen LogP contribution in [-0.4, -0.2) is 27.3 Å². The quantitative estimate of drug-likeness (QED) is 0.698. The second kappa shape index (κ2) is 3.47. The zero-order valence-electron chi connectivity index (χ0n) is 7.77. The SMILES string of the molecule is Cn1cncc1C(CO)NC1CC1. The van der Waals surface area contributed by atoms with Gasteiger partial charge in [0.2, 0.25) is 0 Å². The molecule has 1 heterocycles. The molecule has 1 atom stereocenters. The Kier molecular flexibility index (Phi) is 2.33. The van der Waals surface area contributed by atoms with Crippen molar-refractivity contribution in [2.75, 3.05) is 6.61 Å². The van der Waals surface area contributed by atoms with Crippen molar-refractivity contribution >= 4 is 0 Å². The Hall–Kier alpha value is -0.870. The van der Waals surface area contributed by atoms with Crippen LogP contribution in [0.1, 0.15) is 24.6 Å². The van der Waals surface area contributed by atoms with E-state index >= 15 is 0 Å². The first kappa shape index (κ1) is 8.72. The van der Waals surface area contributed by atoms with Crippen LogP contribution >= 0.6 is 0 Å². The lowest BCUT2D eigenvalue weighted by atomic mass is 10.2. The lowest BCUT2D eigenvalue weighted by molar-refractivity contribution is 0.238. The van der Waals surface area contributed by atoms with E-state index in [0.29, 0.717) is 6.04 Å². The van der Waals surface area contributed by atoms with E-state index in [1.165, 1.54) is 12.8 Å². The van der Waals surface area contributed by atoms with Crippen LogP contribution in [0.3, 0.4) is 0 Å². The summed E-state index contributed by atoms with van der Waals surface area (Å²) >= 11 is 0. The van der Waals surface area contributed by atoms with Gasteiger partial charge in [-0.2, -0.15) is 0 Å². The maximum Gasteiger partial charge on any atom is 0.0946 e. The smallest absolute Gasteiger partial charge is 0.0946 e. The van der Waals surface area contributed by atoms with Crippen molar-refractivity contribution in [1.29, 1.82) is 0 Å². The molecule has 0 spiro atoms. The molecule has 0 bridgehead atoms. The van der Waals surface area contributed by atoms with Crippen LogP contribution in [0.25, 0.3) is 0 Å². The van der Waals surface area contributed by atoms with Crippen molar-refractivity contribution < 1.29 is 5.11 Å². The summed E-state index contributed by atoms with van der Waals surface area (Å²) in [7, 11) is 1.94. The Morgan fingerprint density at radius 2 is 2.54 bits per heavy atom. The molecule has 0 radical (unpaired) electrons. The molecule has 1 aliphatic carbocycles. The summed E-state index contributed by atoms with van der Waals surface area (Å²) in [5.74, 6) is 0. The molecule has 1 fully saturated rings. The predicted molar refractivity (Wildman–Crippen MR) is 49.2 cm³/mol. The number of hydrogen-bond acceptors (Lipinski definition) is 3. The normalized spacial score (nSPS) is 18.9. The van der Waals surface area contributed by atoms with Crippen molar-refractivity contribution in [1.82, 2.24) is 14.9 Å². The number of aliphatic hydroxyl groups excluding tert-OH is 1. The maximum absolute atomic E-state index is 9.20. The van der Waals surface area contributed by atoms with Gasteiger partial charge in [-0.3, -0.25) is 0 Å². The molecule has 0 aliphatic heterocycles. The van der Waals surface area contributed by atoms with E-state index < -0.39 is 0 Å². The fourth-order valence-electron chi connectivity index (χ4n) is 1.47. The van der Waals surface area contributed by atoms with Gasteiger partial charge >= 0.3 is 0 Å². The minimum atomic E-state index is 0.0417. The third-order valence-electron chi connectivity index (χ3n) is 2.41. The van der Waals surface area contributed by atoms with E-state index in [1.54, 1.807) is 12.5 Å². The van der Waals surface area contributed by atoms with Gasteiger partial charge in [0.15, 0.2) is 0 Å². The van der Waals surface area contributed by atoms with Gasteiger partial charge in [0.05, 0.1) is 24.7 Å². The minimum absolute atomic E-state index is 0.0417. The molecule has 1 aromatic rings. The maximum atomic E-state index is 9.20. The van der Waals surface area contributed by atoms with E-state index in [1.807, 2.05) is 11.6 Å². The molecule has 72 valence electrons. The van der Waals surface area contributed by atoms with Gasteiger partial charge in [0.25, 0.3) is 0 Å². The monoisotopic (exact) mass is 181 g/mol. The Labute approximate surface area is 77.6 Å². The summed E-state index contributed by atoms with van der Waals surface area (Å²) in [6.45, 7) is 0.135. The molecule has 1 aliphatic rings. The minimum Gasteiger partial charge on any atom is -0.394 e. The van der Waals surface area contributed by atoms with Gasteiger partial charge < -0.3 is 15.0 Å². The highest BCUT2D eigenvalue weighted by Crippen LogP contribution is 2.23. The fourth-order valence-corrected chi connectivity index (χ4v) is 1.47. The molecule has 2 rings (SSSR count). The van der Waals surface area contributed by atoms with Gasteiger partial charge in [-0.15, -0.1) is 0 Å². The molecule has 0 amide bonds. The Morgan fingerprint density at radius 3 is 3.00 bits per heavy atom. The molecule has 4 nitrogen and oxygen atoms in total. The standard InChI is InChI=1S/C9H15N3O/c1-12-6-10-4-9(12)8(5-13)11-7-2-3-7/h4,6-8,11,13H,2-3,5H2,1H3. The van der Waals surface area contributed by atoms with E-state index in [2.05, 4.69) is 10.3 Å². The van der Waals surface area contributed by atoms with Gasteiger partial charge in [-0.25, -0.2) is 4.98 Å². The number of imidazole rings is 1. The molecule has 1 unspecified atom stereocenters. The highest BCUT2D eigenvalue weighted by atomic mass is 16.3. The summed E-state index contributed by atoms with van der Waals surface area (Å²) in [6.07, 6.45) is 6.02. The van der Waals surface area contributed by atoms with E-state index in [9.17, 15) is 5.11 Å². The summed E-state index contributed by atoms with van der Waals surface area (Å²) in [5, 5.41) is 12.6. The predicted octanol–water partition coefficient (Wildman–Crippen LogP) is 0.205. The lowest BCUT2D eigenvalue weighted by Gasteiger charge is -2.15. The number of rotatable bonds is 4. The van der Waals surface area contributed by atoms with Crippen LogP contribution in [0, 0.1) is 0 Å². The first-order valence-electron chi connectivity index (χ1n) is 4.64. The molecule has 2 N–H and O–H groups in total. The zero-order valence-corrected chi connectivity index (χ0v) is 7.77. The number of nitrogens with zero attached hydrogens (tertiary/aromatic N) is 2. The molecule has 13 heavy (non-hydrogen) atoms. The first-order chi connectivity index (χ1) is 6.31. The van der Waals surface area contributed by atoms with E-state index in [-0.39, 0.29) is 12.6 Å². The van der Waals surface area contributed by atoms with Gasteiger partial charge in [0, 0.05) is 19.3 Å². The molecule has 4 heteroatoms. The summed E-state index contributed by atoms with van der Waals surface area (Å²) < 4.78 is 1.94. The first-order valence-corrected chi connectivity index (χ1v) is 4.64. The Bertz CT molecular complexity index is 280. The second-order valence-corrected chi connectivity index (χ2v) is 3.61. The van der Waals surface area contributed by atoms with Crippen molar-refractivity contribution in [3.8, 4) is 0 Å². The van der Waals surface area contributed by atoms with Crippen molar-refractivity contribution in [3.63, 3.8) is 0 Å².